The van der Waals surface area contributed by atoms with E-state index in [0.29, 0.717) is 5.69 Å². The van der Waals surface area contributed by atoms with Gasteiger partial charge in [0, 0.05) is 9.77 Å². The van der Waals surface area contributed by atoms with E-state index in [2.05, 4.69) is 32.3 Å². The van der Waals surface area contributed by atoms with Crippen molar-refractivity contribution in [2.75, 3.05) is 4.72 Å². The molecule has 0 fully saturated rings. The van der Waals surface area contributed by atoms with E-state index in [1.54, 1.807) is 24.3 Å². The third-order valence-electron chi connectivity index (χ3n) is 2.03. The fourth-order valence-corrected chi connectivity index (χ4v) is 2.98. The number of nitrogens with one attached hydrogen (secondary N) is 1. The molecule has 0 saturated heterocycles. The third kappa shape index (κ3) is 2.95. The third-order valence-corrected chi connectivity index (χ3v) is 4.25. The second kappa shape index (κ2) is 5.01. The molecule has 1 aromatic heterocycles. The Labute approximate surface area is 113 Å². The molecule has 0 spiro atoms. The van der Waals surface area contributed by atoms with Crippen LogP contribution in [0.4, 0.5) is 5.69 Å². The Kier molecular flexibility index (Phi) is 3.63. The maximum absolute atomic E-state index is 12.0. The van der Waals surface area contributed by atoms with E-state index in [4.69, 9.17) is 0 Å². The van der Waals surface area contributed by atoms with Crippen molar-refractivity contribution in [3.05, 3.63) is 52.2 Å². The Morgan fingerprint density at radius 3 is 2.41 bits per heavy atom. The molecule has 0 radical (unpaired) electrons. The lowest BCUT2D eigenvalue weighted by Gasteiger charge is -2.08. The van der Waals surface area contributed by atoms with Crippen molar-refractivity contribution in [3.63, 3.8) is 0 Å². The van der Waals surface area contributed by atoms with Crippen LogP contribution in [-0.2, 0) is 10.0 Å². The van der Waals surface area contributed by atoms with Crippen molar-refractivity contribution in [2.45, 2.75) is 5.03 Å². The number of nitrogens with zero attached hydrogens (tertiary/aromatic N) is 1. The summed E-state index contributed by atoms with van der Waals surface area (Å²) in [5.41, 5.74) is 0.554. The van der Waals surface area contributed by atoms with Crippen molar-refractivity contribution >= 4 is 38.3 Å². The van der Waals surface area contributed by atoms with Crippen LogP contribution in [-0.4, -0.2) is 13.4 Å². The molecular formula is C11H9IN2O2S. The van der Waals surface area contributed by atoms with E-state index in [-0.39, 0.29) is 5.03 Å². The molecule has 0 aliphatic rings. The van der Waals surface area contributed by atoms with Gasteiger partial charge in [-0.2, -0.15) is 8.42 Å². The van der Waals surface area contributed by atoms with Gasteiger partial charge in [0.2, 0.25) is 0 Å². The highest BCUT2D eigenvalue weighted by Crippen LogP contribution is 2.20. The summed E-state index contributed by atoms with van der Waals surface area (Å²) in [7, 11) is -3.60. The van der Waals surface area contributed by atoms with Crippen molar-refractivity contribution in [1.29, 1.82) is 0 Å². The van der Waals surface area contributed by atoms with E-state index in [1.807, 2.05) is 12.1 Å². The lowest BCUT2D eigenvalue weighted by atomic mass is 10.3. The Balaban J connectivity index is 2.34. The summed E-state index contributed by atoms with van der Waals surface area (Å²) in [6.07, 6.45) is 1.45. The second-order valence-corrected chi connectivity index (χ2v) is 6.04. The standard InChI is InChI=1S/C11H9IN2O2S/c12-9-5-1-2-6-10(9)14-17(15,16)11-7-3-4-8-13-11/h1-8,14H. The predicted octanol–water partition coefficient (Wildman–Crippen LogP) is 2.49. The summed E-state index contributed by atoms with van der Waals surface area (Å²) in [6, 6.07) is 11.9. The highest BCUT2D eigenvalue weighted by molar-refractivity contribution is 14.1. The first kappa shape index (κ1) is 12.3. The Morgan fingerprint density at radius 2 is 1.76 bits per heavy atom. The fourth-order valence-electron chi connectivity index (χ4n) is 1.25. The molecule has 0 amide bonds. The van der Waals surface area contributed by atoms with Gasteiger partial charge in [0.15, 0.2) is 5.03 Å². The zero-order valence-electron chi connectivity index (χ0n) is 8.67. The van der Waals surface area contributed by atoms with Gasteiger partial charge in [-0.25, -0.2) is 4.98 Å². The van der Waals surface area contributed by atoms with Crippen molar-refractivity contribution < 1.29 is 8.42 Å². The lowest BCUT2D eigenvalue weighted by Crippen LogP contribution is -2.14. The van der Waals surface area contributed by atoms with Gasteiger partial charge in [0.05, 0.1) is 5.69 Å². The zero-order valence-corrected chi connectivity index (χ0v) is 11.6. The first-order valence-electron chi connectivity index (χ1n) is 4.78. The predicted molar refractivity (Wildman–Crippen MR) is 74.2 cm³/mol. The second-order valence-electron chi connectivity index (χ2n) is 3.25. The number of para-hydroxylation sites is 1. The number of anilines is 1. The molecule has 88 valence electrons. The van der Waals surface area contributed by atoms with E-state index >= 15 is 0 Å². The largest absolute Gasteiger partial charge is 0.279 e. The molecule has 17 heavy (non-hydrogen) atoms. The molecule has 0 aliphatic heterocycles. The molecule has 2 aromatic rings. The van der Waals surface area contributed by atoms with Crippen LogP contribution >= 0.6 is 22.6 Å². The van der Waals surface area contributed by atoms with Gasteiger partial charge < -0.3 is 0 Å². The summed E-state index contributed by atoms with van der Waals surface area (Å²) in [4.78, 5) is 3.82. The molecule has 1 N–H and O–H groups in total. The van der Waals surface area contributed by atoms with E-state index < -0.39 is 10.0 Å². The maximum atomic E-state index is 12.0. The van der Waals surface area contributed by atoms with Crippen LogP contribution in [0.3, 0.4) is 0 Å². The van der Waals surface area contributed by atoms with E-state index in [0.717, 1.165) is 3.57 Å². The molecule has 0 unspecified atom stereocenters. The van der Waals surface area contributed by atoms with Gasteiger partial charge in [-0.05, 0) is 46.9 Å². The molecular weight excluding hydrogens is 351 g/mol. The molecule has 0 bridgehead atoms. The zero-order chi connectivity index (χ0) is 12.3. The lowest BCUT2D eigenvalue weighted by molar-refractivity contribution is 0.597. The van der Waals surface area contributed by atoms with E-state index in [9.17, 15) is 8.42 Å². The Bertz CT molecular complexity index is 614. The van der Waals surface area contributed by atoms with Gasteiger partial charge in [-0.3, -0.25) is 4.72 Å². The van der Waals surface area contributed by atoms with Crippen molar-refractivity contribution in [1.82, 2.24) is 4.98 Å². The van der Waals surface area contributed by atoms with Gasteiger partial charge in [0.25, 0.3) is 10.0 Å². The van der Waals surface area contributed by atoms with Crippen LogP contribution in [0.2, 0.25) is 0 Å². The van der Waals surface area contributed by atoms with Crippen LogP contribution in [0.15, 0.2) is 53.7 Å². The van der Waals surface area contributed by atoms with Crippen molar-refractivity contribution in [3.8, 4) is 0 Å². The molecule has 4 nitrogen and oxygen atoms in total. The highest BCUT2D eigenvalue weighted by atomic mass is 127. The molecule has 0 atom stereocenters. The molecule has 0 saturated carbocycles. The monoisotopic (exact) mass is 360 g/mol. The number of hydrogen-bond acceptors (Lipinski definition) is 3. The molecule has 2 rings (SSSR count). The minimum Gasteiger partial charge on any atom is -0.277 e. The highest BCUT2D eigenvalue weighted by Gasteiger charge is 2.15. The SMILES string of the molecule is O=S(=O)(Nc1ccccc1I)c1ccccn1. The van der Waals surface area contributed by atoms with Gasteiger partial charge in [-0.1, -0.05) is 18.2 Å². The summed E-state index contributed by atoms with van der Waals surface area (Å²) in [6.45, 7) is 0. The quantitative estimate of drug-likeness (QED) is 0.856. The molecule has 0 aliphatic carbocycles. The Hall–Kier alpha value is -1.15. The molecule has 1 aromatic carbocycles. The smallest absolute Gasteiger partial charge is 0.277 e. The summed E-state index contributed by atoms with van der Waals surface area (Å²) >= 11 is 2.07. The number of benzene rings is 1. The van der Waals surface area contributed by atoms with Crippen LogP contribution in [0.25, 0.3) is 0 Å². The summed E-state index contributed by atoms with van der Waals surface area (Å²) in [5.74, 6) is 0. The fraction of sp³-hybridized carbons (Fsp3) is 0. The number of pyridine rings is 1. The maximum Gasteiger partial charge on any atom is 0.279 e. The Morgan fingerprint density at radius 1 is 1.06 bits per heavy atom. The molecule has 1 heterocycles. The summed E-state index contributed by atoms with van der Waals surface area (Å²) < 4.78 is 27.3. The number of sulfonamides is 1. The van der Waals surface area contributed by atoms with Crippen LogP contribution in [0.5, 0.6) is 0 Å². The van der Waals surface area contributed by atoms with Gasteiger partial charge in [-0.15, -0.1) is 0 Å². The number of halogens is 1. The van der Waals surface area contributed by atoms with E-state index in [1.165, 1.54) is 12.3 Å². The first-order chi connectivity index (χ1) is 8.09. The summed E-state index contributed by atoms with van der Waals surface area (Å²) in [5, 5.41) is 0.0136. The van der Waals surface area contributed by atoms with Gasteiger partial charge in [0.1, 0.15) is 0 Å². The minimum atomic E-state index is -3.60. The van der Waals surface area contributed by atoms with Gasteiger partial charge >= 0.3 is 0 Å². The minimum absolute atomic E-state index is 0.0136. The average Bonchev–Trinajstić information content (AvgIpc) is 2.33. The first-order valence-corrected chi connectivity index (χ1v) is 7.34. The van der Waals surface area contributed by atoms with Crippen molar-refractivity contribution in [2.24, 2.45) is 0 Å². The number of rotatable bonds is 3. The molecule has 6 heteroatoms. The normalized spacial score (nSPS) is 11.1. The average molecular weight is 360 g/mol. The number of aromatic nitrogens is 1. The van der Waals surface area contributed by atoms with Crippen LogP contribution in [0.1, 0.15) is 0 Å². The topological polar surface area (TPSA) is 59.1 Å². The van der Waals surface area contributed by atoms with Crippen LogP contribution < -0.4 is 4.72 Å². The van der Waals surface area contributed by atoms with Crippen LogP contribution in [0, 0.1) is 3.57 Å². The number of hydrogen-bond donors (Lipinski definition) is 1.